The Kier molecular flexibility index (Phi) is 2.22. The topological polar surface area (TPSA) is 33.7 Å². The van der Waals surface area contributed by atoms with E-state index in [9.17, 15) is 4.79 Å². The van der Waals surface area contributed by atoms with Crippen LogP contribution in [0.4, 0.5) is 0 Å². The van der Waals surface area contributed by atoms with Gasteiger partial charge in [0.05, 0.1) is 6.54 Å². The summed E-state index contributed by atoms with van der Waals surface area (Å²) in [6.07, 6.45) is 3.03. The number of rotatable bonds is 2. The fourth-order valence-electron chi connectivity index (χ4n) is 1.33. The maximum atomic E-state index is 11.0. The van der Waals surface area contributed by atoms with Crippen LogP contribution in [0.3, 0.4) is 0 Å². The van der Waals surface area contributed by atoms with Crippen LogP contribution in [0.1, 0.15) is 26.2 Å². The molecule has 0 aromatic heterocycles. The molecule has 0 aromatic carbocycles. The lowest BCUT2D eigenvalue weighted by Gasteiger charge is -2.01. The summed E-state index contributed by atoms with van der Waals surface area (Å²) in [4.78, 5) is 11.0. The predicted octanol–water partition coefficient (Wildman–Crippen LogP) is -0.309. The second-order valence-electron chi connectivity index (χ2n) is 2.59. The summed E-state index contributed by atoms with van der Waals surface area (Å²) in [6, 6.07) is 0.315. The molecular formula is C7H14NO+. The molecule has 1 rings (SSSR count). The van der Waals surface area contributed by atoms with Crippen molar-refractivity contribution in [2.24, 2.45) is 0 Å². The van der Waals surface area contributed by atoms with Gasteiger partial charge >= 0.3 is 0 Å². The molecule has 0 bridgehead atoms. The van der Waals surface area contributed by atoms with Crippen LogP contribution in [0, 0.1) is 0 Å². The van der Waals surface area contributed by atoms with E-state index in [1.54, 1.807) is 0 Å². The second kappa shape index (κ2) is 2.97. The third-order valence-electron chi connectivity index (χ3n) is 1.93. The molecule has 0 spiro atoms. The van der Waals surface area contributed by atoms with Crippen molar-refractivity contribution >= 4 is 5.78 Å². The molecule has 0 amide bonds. The molecular weight excluding hydrogens is 114 g/mol. The highest BCUT2D eigenvalue weighted by Crippen LogP contribution is 1.99. The molecule has 1 unspecified atom stereocenters. The molecule has 1 atom stereocenters. The summed E-state index contributed by atoms with van der Waals surface area (Å²) in [6.45, 7) is 3.09. The van der Waals surface area contributed by atoms with Crippen molar-refractivity contribution in [1.82, 2.24) is 0 Å². The summed E-state index contributed by atoms with van der Waals surface area (Å²) >= 11 is 0. The molecule has 2 N–H and O–H groups in total. The minimum absolute atomic E-state index is 0.315. The largest absolute Gasteiger partial charge is 0.338 e. The third kappa shape index (κ3) is 1.52. The average molecular weight is 128 g/mol. The Labute approximate surface area is 55.6 Å². The Morgan fingerprint density at radius 2 is 2.56 bits per heavy atom. The zero-order chi connectivity index (χ0) is 6.69. The fourth-order valence-corrected chi connectivity index (χ4v) is 1.33. The molecule has 1 saturated heterocycles. The summed E-state index contributed by atoms with van der Waals surface area (Å²) in [7, 11) is 0. The van der Waals surface area contributed by atoms with Crippen LogP contribution < -0.4 is 5.32 Å². The molecule has 1 heterocycles. The Balaban J connectivity index is 2.32. The van der Waals surface area contributed by atoms with Gasteiger partial charge in [-0.15, -0.1) is 0 Å². The summed E-state index contributed by atoms with van der Waals surface area (Å²) in [5.41, 5.74) is 0. The number of quaternary nitrogens is 1. The zero-order valence-electron chi connectivity index (χ0n) is 5.89. The monoisotopic (exact) mass is 128 g/mol. The van der Waals surface area contributed by atoms with Crippen LogP contribution in [0.15, 0.2) is 0 Å². The standard InChI is InChI=1S/C7H13NO/c1-2-7(9)6-4-3-5-8-6/h6,8H,2-5H2,1H3/p+1. The van der Waals surface area contributed by atoms with E-state index >= 15 is 0 Å². The van der Waals surface area contributed by atoms with Crippen molar-refractivity contribution in [1.29, 1.82) is 0 Å². The first kappa shape index (κ1) is 6.75. The SMILES string of the molecule is CCC(=O)C1CCC[NH2+]1. The lowest BCUT2D eigenvalue weighted by Crippen LogP contribution is -2.88. The molecule has 2 nitrogen and oxygen atoms in total. The molecule has 1 aliphatic rings. The number of Topliss-reactive ketones (excluding diaryl/α,β-unsaturated/α-hetero) is 1. The van der Waals surface area contributed by atoms with Crippen LogP contribution in [-0.4, -0.2) is 18.4 Å². The first-order valence-corrected chi connectivity index (χ1v) is 3.70. The van der Waals surface area contributed by atoms with Gasteiger partial charge in [-0.1, -0.05) is 6.92 Å². The van der Waals surface area contributed by atoms with E-state index in [2.05, 4.69) is 5.32 Å². The van der Waals surface area contributed by atoms with Crippen LogP contribution >= 0.6 is 0 Å². The van der Waals surface area contributed by atoms with Gasteiger partial charge in [-0.2, -0.15) is 0 Å². The normalized spacial score (nSPS) is 26.6. The molecule has 0 saturated carbocycles. The lowest BCUT2D eigenvalue weighted by atomic mass is 10.1. The number of hydrogen-bond acceptors (Lipinski definition) is 1. The molecule has 0 radical (unpaired) electrons. The number of ketones is 1. The first-order valence-electron chi connectivity index (χ1n) is 3.70. The molecule has 52 valence electrons. The van der Waals surface area contributed by atoms with Gasteiger partial charge in [0.1, 0.15) is 6.04 Å². The zero-order valence-corrected chi connectivity index (χ0v) is 5.89. The van der Waals surface area contributed by atoms with Crippen LogP contribution in [-0.2, 0) is 4.79 Å². The minimum atomic E-state index is 0.315. The van der Waals surface area contributed by atoms with Crippen molar-refractivity contribution < 1.29 is 10.1 Å². The molecule has 1 fully saturated rings. The molecule has 0 aliphatic carbocycles. The Bertz CT molecular complexity index is 105. The predicted molar refractivity (Wildman–Crippen MR) is 35.1 cm³/mol. The Hall–Kier alpha value is -0.370. The highest BCUT2D eigenvalue weighted by Gasteiger charge is 2.23. The molecule has 9 heavy (non-hydrogen) atoms. The average Bonchev–Trinajstić information content (AvgIpc) is 2.37. The van der Waals surface area contributed by atoms with E-state index in [1.165, 1.54) is 6.42 Å². The van der Waals surface area contributed by atoms with E-state index in [-0.39, 0.29) is 0 Å². The van der Waals surface area contributed by atoms with Gasteiger partial charge in [0, 0.05) is 19.3 Å². The number of carbonyl (C=O) groups is 1. The highest BCUT2D eigenvalue weighted by molar-refractivity contribution is 5.82. The lowest BCUT2D eigenvalue weighted by molar-refractivity contribution is -0.657. The second-order valence-corrected chi connectivity index (χ2v) is 2.59. The molecule has 1 aliphatic heterocycles. The summed E-state index contributed by atoms with van der Waals surface area (Å²) < 4.78 is 0. The maximum absolute atomic E-state index is 11.0. The number of hydrogen-bond donors (Lipinski definition) is 1. The molecule has 2 heteroatoms. The first-order chi connectivity index (χ1) is 4.34. The van der Waals surface area contributed by atoms with Gasteiger partial charge in [-0.25, -0.2) is 0 Å². The smallest absolute Gasteiger partial charge is 0.189 e. The van der Waals surface area contributed by atoms with Crippen molar-refractivity contribution in [3.8, 4) is 0 Å². The maximum Gasteiger partial charge on any atom is 0.189 e. The van der Waals surface area contributed by atoms with Crippen LogP contribution in [0.25, 0.3) is 0 Å². The highest BCUT2D eigenvalue weighted by atomic mass is 16.1. The number of nitrogens with two attached hydrogens (primary N) is 1. The van der Waals surface area contributed by atoms with Crippen LogP contribution in [0.2, 0.25) is 0 Å². The van der Waals surface area contributed by atoms with Gasteiger partial charge in [0.2, 0.25) is 0 Å². The number of carbonyl (C=O) groups excluding carboxylic acids is 1. The Morgan fingerprint density at radius 3 is 3.00 bits per heavy atom. The Morgan fingerprint density at radius 1 is 1.78 bits per heavy atom. The van der Waals surface area contributed by atoms with Crippen molar-refractivity contribution in [3.05, 3.63) is 0 Å². The van der Waals surface area contributed by atoms with Gasteiger partial charge in [-0.3, -0.25) is 4.79 Å². The van der Waals surface area contributed by atoms with E-state index in [1.807, 2.05) is 6.92 Å². The van der Waals surface area contributed by atoms with Gasteiger partial charge in [0.15, 0.2) is 5.78 Å². The summed E-state index contributed by atoms with van der Waals surface area (Å²) in [5, 5.41) is 2.16. The van der Waals surface area contributed by atoms with E-state index < -0.39 is 0 Å². The van der Waals surface area contributed by atoms with Gasteiger partial charge in [-0.05, 0) is 0 Å². The quantitative estimate of drug-likeness (QED) is 0.544. The van der Waals surface area contributed by atoms with Gasteiger partial charge < -0.3 is 5.32 Å². The van der Waals surface area contributed by atoms with Crippen molar-refractivity contribution in [3.63, 3.8) is 0 Å². The van der Waals surface area contributed by atoms with Gasteiger partial charge in [0.25, 0.3) is 0 Å². The molecule has 0 aromatic rings. The minimum Gasteiger partial charge on any atom is -0.338 e. The third-order valence-corrected chi connectivity index (χ3v) is 1.93. The summed E-state index contributed by atoms with van der Waals surface area (Å²) in [5.74, 6) is 0.424. The van der Waals surface area contributed by atoms with Crippen LogP contribution in [0.5, 0.6) is 0 Å². The van der Waals surface area contributed by atoms with Crippen molar-refractivity contribution in [2.75, 3.05) is 6.54 Å². The van der Waals surface area contributed by atoms with E-state index in [4.69, 9.17) is 0 Å². The van der Waals surface area contributed by atoms with Crippen molar-refractivity contribution in [2.45, 2.75) is 32.2 Å². The van der Waals surface area contributed by atoms with E-state index in [0.717, 1.165) is 13.0 Å². The van der Waals surface area contributed by atoms with E-state index in [0.29, 0.717) is 18.2 Å². The fraction of sp³-hybridized carbons (Fsp3) is 0.857.